The molecule has 1 saturated heterocycles. The third-order valence-electron chi connectivity index (χ3n) is 3.99. The second-order valence-corrected chi connectivity index (χ2v) is 5.36. The van der Waals surface area contributed by atoms with Crippen LogP contribution in [0.1, 0.15) is 12.5 Å². The number of pyridine rings is 1. The van der Waals surface area contributed by atoms with Gasteiger partial charge in [0.2, 0.25) is 0 Å². The predicted octanol–water partition coefficient (Wildman–Crippen LogP) is 2.68. The summed E-state index contributed by atoms with van der Waals surface area (Å²) in [5, 5.41) is 9.23. The average molecular weight is 308 g/mol. The molecule has 1 aliphatic rings. The van der Waals surface area contributed by atoms with E-state index >= 15 is 0 Å². The lowest BCUT2D eigenvalue weighted by Gasteiger charge is -2.37. The standard InChI is InChI=1S/C18H20N4O/c1-2-23-17-8-4-3-7-16(17)21-10-12-22(13-11-21)18-15(14-19)6-5-9-20-18/h3-9H,2,10-13H2,1H3. The fourth-order valence-electron chi connectivity index (χ4n) is 2.89. The van der Waals surface area contributed by atoms with Gasteiger partial charge in [-0.25, -0.2) is 4.98 Å². The van der Waals surface area contributed by atoms with Gasteiger partial charge in [-0.2, -0.15) is 5.26 Å². The molecule has 1 fully saturated rings. The lowest BCUT2D eigenvalue weighted by Crippen LogP contribution is -2.47. The molecule has 2 heterocycles. The number of ether oxygens (including phenoxy) is 1. The van der Waals surface area contributed by atoms with Gasteiger partial charge >= 0.3 is 0 Å². The van der Waals surface area contributed by atoms with E-state index in [0.29, 0.717) is 12.2 Å². The van der Waals surface area contributed by atoms with Crippen LogP contribution < -0.4 is 14.5 Å². The lowest BCUT2D eigenvalue weighted by atomic mass is 10.2. The Morgan fingerprint density at radius 1 is 1.09 bits per heavy atom. The van der Waals surface area contributed by atoms with Gasteiger partial charge in [0.25, 0.3) is 0 Å². The highest BCUT2D eigenvalue weighted by Gasteiger charge is 2.22. The van der Waals surface area contributed by atoms with E-state index in [9.17, 15) is 5.26 Å². The van der Waals surface area contributed by atoms with Crippen LogP contribution in [0, 0.1) is 11.3 Å². The van der Waals surface area contributed by atoms with Crippen molar-refractivity contribution in [2.75, 3.05) is 42.6 Å². The van der Waals surface area contributed by atoms with Crippen LogP contribution in [0.4, 0.5) is 11.5 Å². The summed E-state index contributed by atoms with van der Waals surface area (Å²) in [7, 11) is 0. The monoisotopic (exact) mass is 308 g/mol. The van der Waals surface area contributed by atoms with Crippen LogP contribution in [-0.2, 0) is 0 Å². The highest BCUT2D eigenvalue weighted by molar-refractivity contribution is 5.60. The molecular weight excluding hydrogens is 288 g/mol. The van der Waals surface area contributed by atoms with Crippen molar-refractivity contribution in [2.24, 2.45) is 0 Å². The number of anilines is 2. The molecule has 3 rings (SSSR count). The second kappa shape index (κ2) is 7.01. The van der Waals surface area contributed by atoms with Gasteiger partial charge in [-0.05, 0) is 31.2 Å². The van der Waals surface area contributed by atoms with Crippen molar-refractivity contribution in [2.45, 2.75) is 6.92 Å². The number of benzene rings is 1. The van der Waals surface area contributed by atoms with Gasteiger partial charge < -0.3 is 14.5 Å². The van der Waals surface area contributed by atoms with Crippen LogP contribution in [-0.4, -0.2) is 37.8 Å². The number of para-hydroxylation sites is 2. The molecule has 5 heteroatoms. The molecule has 5 nitrogen and oxygen atoms in total. The third-order valence-corrected chi connectivity index (χ3v) is 3.99. The zero-order valence-electron chi connectivity index (χ0n) is 13.3. The zero-order valence-corrected chi connectivity index (χ0v) is 13.3. The summed E-state index contributed by atoms with van der Waals surface area (Å²) in [6, 6.07) is 14.0. The minimum atomic E-state index is 0.635. The first kappa shape index (κ1) is 15.2. The second-order valence-electron chi connectivity index (χ2n) is 5.36. The van der Waals surface area contributed by atoms with Crippen LogP contribution in [0.15, 0.2) is 42.6 Å². The van der Waals surface area contributed by atoms with Gasteiger partial charge in [0.1, 0.15) is 17.6 Å². The molecular formula is C18H20N4O. The highest BCUT2D eigenvalue weighted by atomic mass is 16.5. The van der Waals surface area contributed by atoms with E-state index in [0.717, 1.165) is 43.4 Å². The number of nitrogens with zero attached hydrogens (tertiary/aromatic N) is 4. The van der Waals surface area contributed by atoms with Crippen molar-refractivity contribution in [1.82, 2.24) is 4.98 Å². The van der Waals surface area contributed by atoms with Crippen LogP contribution in [0.3, 0.4) is 0 Å². The van der Waals surface area contributed by atoms with Crippen molar-refractivity contribution in [1.29, 1.82) is 5.26 Å². The number of nitriles is 1. The van der Waals surface area contributed by atoms with Gasteiger partial charge in [0.05, 0.1) is 17.9 Å². The molecule has 0 saturated carbocycles. The average Bonchev–Trinajstić information content (AvgIpc) is 2.63. The lowest BCUT2D eigenvalue weighted by molar-refractivity contribution is 0.340. The summed E-state index contributed by atoms with van der Waals surface area (Å²) < 4.78 is 5.73. The first-order chi connectivity index (χ1) is 11.3. The van der Waals surface area contributed by atoms with E-state index in [2.05, 4.69) is 26.9 Å². The van der Waals surface area contributed by atoms with E-state index in [4.69, 9.17) is 4.74 Å². The molecule has 1 aliphatic heterocycles. The summed E-state index contributed by atoms with van der Waals surface area (Å²) in [4.78, 5) is 8.89. The van der Waals surface area contributed by atoms with Crippen molar-refractivity contribution >= 4 is 11.5 Å². The summed E-state index contributed by atoms with van der Waals surface area (Å²) in [5.74, 6) is 1.71. The molecule has 0 aliphatic carbocycles. The maximum atomic E-state index is 9.23. The van der Waals surface area contributed by atoms with Crippen LogP contribution >= 0.6 is 0 Å². The summed E-state index contributed by atoms with van der Waals surface area (Å²) in [6.45, 7) is 6.10. The molecule has 0 amide bonds. The molecule has 0 radical (unpaired) electrons. The molecule has 0 N–H and O–H groups in total. The molecule has 0 spiro atoms. The van der Waals surface area contributed by atoms with Crippen LogP contribution in [0.5, 0.6) is 5.75 Å². The van der Waals surface area contributed by atoms with Gasteiger partial charge in [0, 0.05) is 32.4 Å². The molecule has 118 valence electrons. The molecule has 23 heavy (non-hydrogen) atoms. The SMILES string of the molecule is CCOc1ccccc1N1CCN(c2ncccc2C#N)CC1. The Kier molecular flexibility index (Phi) is 4.62. The van der Waals surface area contributed by atoms with E-state index in [-0.39, 0.29) is 0 Å². The van der Waals surface area contributed by atoms with E-state index < -0.39 is 0 Å². The summed E-state index contributed by atoms with van der Waals surface area (Å²) in [5.41, 5.74) is 1.77. The highest BCUT2D eigenvalue weighted by Crippen LogP contribution is 2.29. The topological polar surface area (TPSA) is 52.4 Å². The van der Waals surface area contributed by atoms with Crippen molar-refractivity contribution in [3.05, 3.63) is 48.2 Å². The molecule has 1 aromatic carbocycles. The van der Waals surface area contributed by atoms with E-state index in [1.54, 1.807) is 12.3 Å². The van der Waals surface area contributed by atoms with Gasteiger partial charge in [0.15, 0.2) is 0 Å². The zero-order chi connectivity index (χ0) is 16.1. The Bertz CT molecular complexity index is 702. The van der Waals surface area contributed by atoms with Crippen LogP contribution in [0.2, 0.25) is 0 Å². The van der Waals surface area contributed by atoms with Crippen molar-refractivity contribution in [3.63, 3.8) is 0 Å². The van der Waals surface area contributed by atoms with Crippen molar-refractivity contribution in [3.8, 4) is 11.8 Å². The molecule has 1 aromatic heterocycles. The molecule has 0 unspecified atom stereocenters. The van der Waals surface area contributed by atoms with Gasteiger partial charge in [-0.1, -0.05) is 12.1 Å². The van der Waals surface area contributed by atoms with Gasteiger partial charge in [-0.3, -0.25) is 0 Å². The first-order valence-electron chi connectivity index (χ1n) is 7.90. The fourth-order valence-corrected chi connectivity index (χ4v) is 2.89. The summed E-state index contributed by atoms with van der Waals surface area (Å²) in [6.07, 6.45) is 1.74. The molecule has 0 bridgehead atoms. The Balaban J connectivity index is 1.73. The Labute approximate surface area is 136 Å². The maximum Gasteiger partial charge on any atom is 0.146 e. The minimum absolute atomic E-state index is 0.635. The third kappa shape index (κ3) is 3.21. The Morgan fingerprint density at radius 3 is 2.57 bits per heavy atom. The number of piperazine rings is 1. The maximum absolute atomic E-state index is 9.23. The van der Waals surface area contributed by atoms with Crippen molar-refractivity contribution < 1.29 is 4.74 Å². The Morgan fingerprint density at radius 2 is 1.83 bits per heavy atom. The smallest absolute Gasteiger partial charge is 0.146 e. The number of rotatable bonds is 4. The summed E-state index contributed by atoms with van der Waals surface area (Å²) >= 11 is 0. The predicted molar refractivity (Wildman–Crippen MR) is 91.0 cm³/mol. The van der Waals surface area contributed by atoms with Crippen LogP contribution in [0.25, 0.3) is 0 Å². The van der Waals surface area contributed by atoms with E-state index in [1.165, 1.54) is 0 Å². The first-order valence-corrected chi connectivity index (χ1v) is 7.90. The minimum Gasteiger partial charge on any atom is -0.492 e. The Hall–Kier alpha value is -2.74. The van der Waals surface area contributed by atoms with E-state index in [1.807, 2.05) is 31.2 Å². The molecule has 0 atom stereocenters. The quantitative estimate of drug-likeness (QED) is 0.869. The number of aromatic nitrogens is 1. The number of hydrogen-bond acceptors (Lipinski definition) is 5. The normalized spacial score (nSPS) is 14.4. The fraction of sp³-hybridized carbons (Fsp3) is 0.333. The largest absolute Gasteiger partial charge is 0.492 e. The molecule has 2 aromatic rings. The number of hydrogen-bond donors (Lipinski definition) is 0. The van der Waals surface area contributed by atoms with Gasteiger partial charge in [-0.15, -0.1) is 0 Å².